The van der Waals surface area contributed by atoms with Crippen LogP contribution in [0.3, 0.4) is 0 Å². The summed E-state index contributed by atoms with van der Waals surface area (Å²) in [5.41, 5.74) is 2.00. The molecule has 1 aliphatic rings. The van der Waals surface area contributed by atoms with Gasteiger partial charge >= 0.3 is 0 Å². The van der Waals surface area contributed by atoms with E-state index in [4.69, 9.17) is 0 Å². The lowest BCUT2D eigenvalue weighted by Crippen LogP contribution is -2.36. The highest BCUT2D eigenvalue weighted by Crippen LogP contribution is 2.30. The van der Waals surface area contributed by atoms with E-state index in [1.54, 1.807) is 0 Å². The Labute approximate surface area is 99.2 Å². The minimum Gasteiger partial charge on any atom is -0.344 e. The molecule has 3 N–H and O–H groups in total. The predicted octanol–water partition coefficient (Wildman–Crippen LogP) is 3.47. The van der Waals surface area contributed by atoms with Crippen LogP contribution in [0.2, 0.25) is 0 Å². The molecule has 0 spiro atoms. The first-order valence-electron chi connectivity index (χ1n) is 5.92. The molecule has 0 radical (unpaired) electrons. The maximum Gasteiger partial charge on any atom is 0.0233 e. The van der Waals surface area contributed by atoms with Crippen LogP contribution in [0.15, 0.2) is 30.3 Å². The number of likely N-dealkylation sites (tertiary alicyclic amines) is 1. The van der Waals surface area contributed by atoms with Gasteiger partial charge in [0.2, 0.25) is 0 Å². The van der Waals surface area contributed by atoms with Gasteiger partial charge in [-0.2, -0.15) is 0 Å². The van der Waals surface area contributed by atoms with Crippen LogP contribution in [0.25, 0.3) is 0 Å². The second kappa shape index (κ2) is 5.46. The number of rotatable bonds is 2. The van der Waals surface area contributed by atoms with E-state index >= 15 is 0 Å². The van der Waals surface area contributed by atoms with Gasteiger partial charge in [-0.3, -0.25) is 4.90 Å². The summed E-state index contributed by atoms with van der Waals surface area (Å²) in [6, 6.07) is 10.8. The van der Waals surface area contributed by atoms with Crippen molar-refractivity contribution in [3.63, 3.8) is 0 Å². The highest BCUT2D eigenvalue weighted by Gasteiger charge is 2.24. The Morgan fingerprint density at radius 1 is 1.06 bits per heavy atom. The highest BCUT2D eigenvalue weighted by atomic mass is 15.1. The van der Waals surface area contributed by atoms with Crippen molar-refractivity contribution in [2.24, 2.45) is 5.41 Å². The number of hydrogen-bond donors (Lipinski definition) is 1. The Hall–Kier alpha value is -0.860. The van der Waals surface area contributed by atoms with Crippen LogP contribution < -0.4 is 6.15 Å². The summed E-state index contributed by atoms with van der Waals surface area (Å²) in [6.07, 6.45) is 2.67. The molecule has 2 rings (SSSR count). The van der Waals surface area contributed by atoms with Gasteiger partial charge in [0.05, 0.1) is 0 Å². The highest BCUT2D eigenvalue weighted by molar-refractivity contribution is 5.14. The fourth-order valence-electron chi connectivity index (χ4n) is 2.16. The first kappa shape index (κ1) is 13.2. The van der Waals surface area contributed by atoms with Crippen LogP contribution in [0, 0.1) is 5.41 Å². The molecule has 0 aromatic heterocycles. The third-order valence-corrected chi connectivity index (χ3v) is 3.46. The second-order valence-corrected chi connectivity index (χ2v) is 5.43. The van der Waals surface area contributed by atoms with Crippen molar-refractivity contribution in [3.8, 4) is 0 Å². The third kappa shape index (κ3) is 3.62. The van der Waals surface area contributed by atoms with Crippen molar-refractivity contribution in [1.82, 2.24) is 11.1 Å². The van der Waals surface area contributed by atoms with Gasteiger partial charge in [-0.1, -0.05) is 44.2 Å². The number of piperidine rings is 1. The number of nitrogens with zero attached hydrogens (tertiary/aromatic N) is 1. The zero-order valence-corrected chi connectivity index (χ0v) is 10.6. The lowest BCUT2D eigenvalue weighted by Gasteiger charge is -2.36. The minimum atomic E-state index is 0. The maximum atomic E-state index is 2.57. The molecule has 1 aromatic rings. The molecule has 16 heavy (non-hydrogen) atoms. The van der Waals surface area contributed by atoms with E-state index in [0.717, 1.165) is 6.54 Å². The van der Waals surface area contributed by atoms with Crippen molar-refractivity contribution in [3.05, 3.63) is 35.9 Å². The second-order valence-electron chi connectivity index (χ2n) is 5.43. The topological polar surface area (TPSA) is 38.2 Å². The van der Waals surface area contributed by atoms with Gasteiger partial charge in [0.1, 0.15) is 0 Å². The monoisotopic (exact) mass is 220 g/mol. The minimum absolute atomic E-state index is 0. The van der Waals surface area contributed by atoms with E-state index in [2.05, 4.69) is 49.1 Å². The molecule has 1 heterocycles. The summed E-state index contributed by atoms with van der Waals surface area (Å²) in [6.45, 7) is 8.39. The molecule has 0 aliphatic carbocycles. The molecular weight excluding hydrogens is 196 g/mol. The first-order chi connectivity index (χ1) is 7.16. The molecule has 1 aromatic carbocycles. The van der Waals surface area contributed by atoms with Crippen molar-refractivity contribution in [2.45, 2.75) is 33.2 Å². The summed E-state index contributed by atoms with van der Waals surface area (Å²) in [5.74, 6) is 0. The lowest BCUT2D eigenvalue weighted by atomic mass is 9.82. The number of hydrogen-bond acceptors (Lipinski definition) is 2. The van der Waals surface area contributed by atoms with E-state index in [0.29, 0.717) is 5.41 Å². The van der Waals surface area contributed by atoms with Gasteiger partial charge in [-0.05, 0) is 36.9 Å². The van der Waals surface area contributed by atoms with Crippen LogP contribution in [0.1, 0.15) is 32.3 Å². The van der Waals surface area contributed by atoms with E-state index in [-0.39, 0.29) is 6.15 Å². The van der Waals surface area contributed by atoms with Gasteiger partial charge in [0.15, 0.2) is 0 Å². The molecule has 0 atom stereocenters. The van der Waals surface area contributed by atoms with Crippen LogP contribution in [0.4, 0.5) is 0 Å². The summed E-state index contributed by atoms with van der Waals surface area (Å²) in [4.78, 5) is 2.57. The summed E-state index contributed by atoms with van der Waals surface area (Å²) >= 11 is 0. The quantitative estimate of drug-likeness (QED) is 0.828. The molecule has 1 saturated heterocycles. The SMILES string of the molecule is CC1(C)CCN(Cc2ccccc2)CC1.N. The van der Waals surface area contributed by atoms with Crippen LogP contribution in [-0.4, -0.2) is 18.0 Å². The third-order valence-electron chi connectivity index (χ3n) is 3.46. The van der Waals surface area contributed by atoms with Crippen LogP contribution in [-0.2, 0) is 6.54 Å². The van der Waals surface area contributed by atoms with Crippen LogP contribution >= 0.6 is 0 Å². The summed E-state index contributed by atoms with van der Waals surface area (Å²) in [5, 5.41) is 0. The number of benzene rings is 1. The van der Waals surface area contributed by atoms with Gasteiger partial charge in [-0.15, -0.1) is 0 Å². The molecule has 1 aliphatic heterocycles. The Morgan fingerprint density at radius 3 is 2.19 bits per heavy atom. The lowest BCUT2D eigenvalue weighted by molar-refractivity contribution is 0.127. The van der Waals surface area contributed by atoms with Crippen molar-refractivity contribution in [1.29, 1.82) is 0 Å². The van der Waals surface area contributed by atoms with E-state index in [9.17, 15) is 0 Å². The molecule has 1 fully saturated rings. The summed E-state index contributed by atoms with van der Waals surface area (Å²) < 4.78 is 0. The van der Waals surface area contributed by atoms with Gasteiger partial charge in [0, 0.05) is 6.54 Å². The summed E-state index contributed by atoms with van der Waals surface area (Å²) in [7, 11) is 0. The van der Waals surface area contributed by atoms with Gasteiger partial charge in [-0.25, -0.2) is 0 Å². The first-order valence-corrected chi connectivity index (χ1v) is 5.92. The average molecular weight is 220 g/mol. The maximum absolute atomic E-state index is 2.57. The van der Waals surface area contributed by atoms with Crippen molar-refractivity contribution < 1.29 is 0 Å². The van der Waals surface area contributed by atoms with Crippen LogP contribution in [0.5, 0.6) is 0 Å². The van der Waals surface area contributed by atoms with E-state index < -0.39 is 0 Å². The smallest absolute Gasteiger partial charge is 0.0233 e. The molecular formula is C14H24N2. The van der Waals surface area contributed by atoms with E-state index in [1.807, 2.05) is 0 Å². The Balaban J connectivity index is 0.00000128. The standard InChI is InChI=1S/C14H21N.H3N/c1-14(2)8-10-15(11-9-14)12-13-6-4-3-5-7-13;/h3-7H,8-12H2,1-2H3;1H3. The largest absolute Gasteiger partial charge is 0.344 e. The molecule has 2 heteroatoms. The molecule has 90 valence electrons. The Kier molecular flexibility index (Phi) is 4.51. The zero-order chi connectivity index (χ0) is 10.7. The van der Waals surface area contributed by atoms with Gasteiger partial charge < -0.3 is 6.15 Å². The van der Waals surface area contributed by atoms with Gasteiger partial charge in [0.25, 0.3) is 0 Å². The molecule has 0 unspecified atom stereocenters. The molecule has 2 nitrogen and oxygen atoms in total. The predicted molar refractivity (Wildman–Crippen MR) is 69.8 cm³/mol. The molecule has 0 saturated carbocycles. The fourth-order valence-corrected chi connectivity index (χ4v) is 2.16. The van der Waals surface area contributed by atoms with E-state index in [1.165, 1.54) is 31.5 Å². The Bertz CT molecular complexity index is 296. The normalized spacial score (nSPS) is 20.1. The Morgan fingerprint density at radius 2 is 1.62 bits per heavy atom. The average Bonchev–Trinajstić information content (AvgIpc) is 2.23. The fraction of sp³-hybridized carbons (Fsp3) is 0.571. The zero-order valence-electron chi connectivity index (χ0n) is 10.6. The molecule has 0 bridgehead atoms. The van der Waals surface area contributed by atoms with Crippen molar-refractivity contribution in [2.75, 3.05) is 13.1 Å². The van der Waals surface area contributed by atoms with Crippen molar-refractivity contribution >= 4 is 0 Å². The molecule has 0 amide bonds.